The Morgan fingerprint density at radius 3 is 2.42 bits per heavy atom. The molecule has 1 atom stereocenters. The Labute approximate surface area is 154 Å². The first-order chi connectivity index (χ1) is 12.6. The molecule has 0 aromatic heterocycles. The predicted octanol–water partition coefficient (Wildman–Crippen LogP) is 3.64. The summed E-state index contributed by atoms with van der Waals surface area (Å²) in [5, 5.41) is 2.92. The summed E-state index contributed by atoms with van der Waals surface area (Å²) >= 11 is 0. The van der Waals surface area contributed by atoms with Crippen molar-refractivity contribution in [2.45, 2.75) is 26.7 Å². The van der Waals surface area contributed by atoms with E-state index in [1.807, 2.05) is 55.5 Å². The third kappa shape index (κ3) is 4.04. The molecule has 0 bridgehead atoms. The molecule has 2 aromatic carbocycles. The van der Waals surface area contributed by atoms with Gasteiger partial charge >= 0.3 is 0 Å². The van der Waals surface area contributed by atoms with Crippen molar-refractivity contribution in [2.75, 3.05) is 23.4 Å². The van der Waals surface area contributed by atoms with E-state index in [1.165, 1.54) is 5.56 Å². The molecule has 0 aliphatic carbocycles. The molecule has 3 rings (SSSR count). The number of carbonyl (C=O) groups is 2. The van der Waals surface area contributed by atoms with Crippen LogP contribution in [0, 0.1) is 5.92 Å². The van der Waals surface area contributed by atoms with Gasteiger partial charge in [-0.15, -0.1) is 0 Å². The lowest BCUT2D eigenvalue weighted by molar-refractivity contribution is -0.122. The van der Waals surface area contributed by atoms with Crippen molar-refractivity contribution in [3.63, 3.8) is 0 Å². The molecule has 5 heteroatoms. The molecule has 136 valence electrons. The van der Waals surface area contributed by atoms with Crippen molar-refractivity contribution in [1.29, 1.82) is 0 Å². The van der Waals surface area contributed by atoms with Gasteiger partial charge in [-0.3, -0.25) is 9.59 Å². The average Bonchev–Trinajstić information content (AvgIpc) is 3.05. The number of amides is 2. The molecule has 1 aliphatic heterocycles. The topological polar surface area (TPSA) is 58.6 Å². The number of aryl methyl sites for hydroxylation is 1. The van der Waals surface area contributed by atoms with Crippen LogP contribution in [0.25, 0.3) is 0 Å². The first kappa shape index (κ1) is 18.0. The molecule has 2 aromatic rings. The van der Waals surface area contributed by atoms with Crippen LogP contribution in [0.15, 0.2) is 48.5 Å². The maximum atomic E-state index is 12.5. The third-order valence-electron chi connectivity index (χ3n) is 4.58. The largest absolute Gasteiger partial charge is 0.494 e. The highest BCUT2D eigenvalue weighted by atomic mass is 16.5. The molecular formula is C21H24N2O3. The fourth-order valence-corrected chi connectivity index (χ4v) is 3.09. The highest BCUT2D eigenvalue weighted by Gasteiger charge is 2.35. The van der Waals surface area contributed by atoms with Crippen LogP contribution in [0.5, 0.6) is 5.75 Å². The second-order valence-electron chi connectivity index (χ2n) is 6.37. The number of ether oxygens (including phenoxy) is 1. The van der Waals surface area contributed by atoms with Crippen LogP contribution < -0.4 is 15.0 Å². The number of hydrogen-bond acceptors (Lipinski definition) is 3. The van der Waals surface area contributed by atoms with Gasteiger partial charge in [-0.2, -0.15) is 0 Å². The fraction of sp³-hybridized carbons (Fsp3) is 0.333. The average molecular weight is 352 g/mol. The van der Waals surface area contributed by atoms with Crippen LogP contribution in [0.3, 0.4) is 0 Å². The molecule has 0 radical (unpaired) electrons. The Morgan fingerprint density at radius 1 is 1.12 bits per heavy atom. The number of rotatable bonds is 6. The highest BCUT2D eigenvalue weighted by Crippen LogP contribution is 2.27. The van der Waals surface area contributed by atoms with Crippen LogP contribution in [0.1, 0.15) is 25.8 Å². The molecule has 1 fully saturated rings. The minimum atomic E-state index is -0.347. The van der Waals surface area contributed by atoms with Gasteiger partial charge in [0.05, 0.1) is 12.5 Å². The zero-order chi connectivity index (χ0) is 18.5. The Morgan fingerprint density at radius 2 is 1.81 bits per heavy atom. The molecule has 5 nitrogen and oxygen atoms in total. The Bertz CT molecular complexity index is 769. The van der Waals surface area contributed by atoms with Gasteiger partial charge in [0, 0.05) is 24.3 Å². The molecule has 1 aliphatic rings. The second-order valence-corrected chi connectivity index (χ2v) is 6.37. The number of nitrogens with zero attached hydrogens (tertiary/aromatic N) is 1. The van der Waals surface area contributed by atoms with Crippen LogP contribution in [-0.2, 0) is 16.0 Å². The van der Waals surface area contributed by atoms with E-state index in [2.05, 4.69) is 12.2 Å². The maximum Gasteiger partial charge on any atom is 0.229 e. The van der Waals surface area contributed by atoms with E-state index in [0.29, 0.717) is 13.2 Å². The van der Waals surface area contributed by atoms with Crippen molar-refractivity contribution in [3.8, 4) is 5.75 Å². The van der Waals surface area contributed by atoms with E-state index < -0.39 is 0 Å². The van der Waals surface area contributed by atoms with Gasteiger partial charge in [0.1, 0.15) is 5.75 Å². The van der Waals surface area contributed by atoms with E-state index in [-0.39, 0.29) is 24.2 Å². The summed E-state index contributed by atoms with van der Waals surface area (Å²) in [4.78, 5) is 26.5. The lowest BCUT2D eigenvalue weighted by Crippen LogP contribution is -2.28. The second kappa shape index (κ2) is 8.04. The first-order valence-electron chi connectivity index (χ1n) is 9.03. The molecule has 2 amide bonds. The molecule has 0 spiro atoms. The van der Waals surface area contributed by atoms with Crippen molar-refractivity contribution in [2.24, 2.45) is 5.92 Å². The molecule has 1 saturated heterocycles. The Balaban J connectivity index is 1.63. The number of nitrogens with one attached hydrogen (secondary N) is 1. The van der Waals surface area contributed by atoms with E-state index in [4.69, 9.17) is 4.74 Å². The van der Waals surface area contributed by atoms with Gasteiger partial charge in [0.15, 0.2) is 0 Å². The first-order valence-corrected chi connectivity index (χ1v) is 9.03. The number of anilines is 2. The van der Waals surface area contributed by atoms with Crippen molar-refractivity contribution in [1.82, 2.24) is 0 Å². The van der Waals surface area contributed by atoms with Gasteiger partial charge in [-0.05, 0) is 55.3 Å². The standard InChI is InChI=1S/C21H24N2O3/c1-3-15-5-7-17(8-6-15)22-21(25)16-13-20(24)23(14-16)18-9-11-19(12-10-18)26-4-2/h5-12,16H,3-4,13-14H2,1-2H3,(H,22,25). The quantitative estimate of drug-likeness (QED) is 0.863. The van der Waals surface area contributed by atoms with Gasteiger partial charge in [0.25, 0.3) is 0 Å². The SMILES string of the molecule is CCOc1ccc(N2CC(C(=O)Nc3ccc(CC)cc3)CC2=O)cc1. The van der Waals surface area contributed by atoms with Crippen molar-refractivity contribution >= 4 is 23.2 Å². The summed E-state index contributed by atoms with van der Waals surface area (Å²) in [7, 11) is 0. The lowest BCUT2D eigenvalue weighted by atomic mass is 10.1. The number of hydrogen-bond donors (Lipinski definition) is 1. The summed E-state index contributed by atoms with van der Waals surface area (Å²) in [5.74, 6) is 0.277. The summed E-state index contributed by atoms with van der Waals surface area (Å²) in [6.45, 7) is 5.01. The lowest BCUT2D eigenvalue weighted by Gasteiger charge is -2.17. The smallest absolute Gasteiger partial charge is 0.229 e. The molecule has 1 heterocycles. The van der Waals surface area contributed by atoms with Gasteiger partial charge in [-0.25, -0.2) is 0 Å². The van der Waals surface area contributed by atoms with Crippen molar-refractivity contribution < 1.29 is 14.3 Å². The van der Waals surface area contributed by atoms with Crippen LogP contribution in [-0.4, -0.2) is 25.0 Å². The van der Waals surface area contributed by atoms with Crippen LogP contribution in [0.2, 0.25) is 0 Å². The molecule has 26 heavy (non-hydrogen) atoms. The molecule has 1 N–H and O–H groups in total. The minimum Gasteiger partial charge on any atom is -0.494 e. The molecule has 0 saturated carbocycles. The van der Waals surface area contributed by atoms with Crippen LogP contribution in [0.4, 0.5) is 11.4 Å². The third-order valence-corrected chi connectivity index (χ3v) is 4.58. The molecule has 1 unspecified atom stereocenters. The van der Waals surface area contributed by atoms with Crippen LogP contribution >= 0.6 is 0 Å². The Kier molecular flexibility index (Phi) is 5.56. The summed E-state index contributed by atoms with van der Waals surface area (Å²) in [5.41, 5.74) is 2.78. The van der Waals surface area contributed by atoms with E-state index >= 15 is 0 Å². The summed E-state index contributed by atoms with van der Waals surface area (Å²) in [6.07, 6.45) is 1.19. The fourth-order valence-electron chi connectivity index (χ4n) is 3.09. The van der Waals surface area contributed by atoms with Gasteiger partial charge < -0.3 is 15.0 Å². The molecular weight excluding hydrogens is 328 g/mol. The number of benzene rings is 2. The van der Waals surface area contributed by atoms with Gasteiger partial charge in [-0.1, -0.05) is 19.1 Å². The highest BCUT2D eigenvalue weighted by molar-refractivity contribution is 6.03. The number of carbonyl (C=O) groups excluding carboxylic acids is 2. The monoisotopic (exact) mass is 352 g/mol. The maximum absolute atomic E-state index is 12.5. The normalized spacial score (nSPS) is 16.6. The zero-order valence-corrected chi connectivity index (χ0v) is 15.2. The predicted molar refractivity (Wildman–Crippen MR) is 103 cm³/mol. The van der Waals surface area contributed by atoms with E-state index in [1.54, 1.807) is 4.90 Å². The zero-order valence-electron chi connectivity index (χ0n) is 15.2. The van der Waals surface area contributed by atoms with Gasteiger partial charge in [0.2, 0.25) is 11.8 Å². The summed E-state index contributed by atoms with van der Waals surface area (Å²) in [6, 6.07) is 15.2. The Hall–Kier alpha value is -2.82. The van der Waals surface area contributed by atoms with E-state index in [9.17, 15) is 9.59 Å². The minimum absolute atomic E-state index is 0.0318. The van der Waals surface area contributed by atoms with Crippen molar-refractivity contribution in [3.05, 3.63) is 54.1 Å². The van der Waals surface area contributed by atoms with E-state index in [0.717, 1.165) is 23.5 Å². The summed E-state index contributed by atoms with van der Waals surface area (Å²) < 4.78 is 5.42.